The van der Waals surface area contributed by atoms with E-state index in [-0.39, 0.29) is 22.8 Å². The average Bonchev–Trinajstić information content (AvgIpc) is 2.66. The molecule has 0 atom stereocenters. The minimum atomic E-state index is -0.381. The quantitative estimate of drug-likeness (QED) is 0.420. The highest BCUT2D eigenvalue weighted by Gasteiger charge is 2.08. The molecule has 0 spiro atoms. The number of hydrogen-bond donors (Lipinski definition) is 3. The standard InChI is InChI=1S/C21H22BrN3O3S/c1-13(2)20(27)23-16-5-4-6-17(12-16)24-21(29)25-19(26)10-7-14-11-15(22)8-9-18(14)28-3/h4-13H,1-3H3,(H,23,27)(H2,24,25,26,29)/b10-7+. The van der Waals surface area contributed by atoms with Crippen LogP contribution in [0.5, 0.6) is 5.75 Å². The van der Waals surface area contributed by atoms with Crippen LogP contribution in [0.2, 0.25) is 0 Å². The van der Waals surface area contributed by atoms with Crippen LogP contribution in [0.4, 0.5) is 11.4 Å². The lowest BCUT2D eigenvalue weighted by atomic mass is 10.2. The summed E-state index contributed by atoms with van der Waals surface area (Å²) < 4.78 is 6.15. The molecule has 0 aromatic heterocycles. The molecule has 0 aliphatic rings. The molecule has 0 fully saturated rings. The molecule has 0 radical (unpaired) electrons. The molecule has 2 aromatic carbocycles. The topological polar surface area (TPSA) is 79.5 Å². The second-order valence-electron chi connectivity index (χ2n) is 6.39. The molecule has 0 saturated heterocycles. The number of nitrogens with one attached hydrogen (secondary N) is 3. The second kappa shape index (κ2) is 10.7. The van der Waals surface area contributed by atoms with Crippen molar-refractivity contribution < 1.29 is 14.3 Å². The Morgan fingerprint density at radius 2 is 1.79 bits per heavy atom. The summed E-state index contributed by atoms with van der Waals surface area (Å²) in [6, 6.07) is 12.6. The molecular weight excluding hydrogens is 454 g/mol. The van der Waals surface area contributed by atoms with Crippen molar-refractivity contribution in [3.05, 3.63) is 58.6 Å². The van der Waals surface area contributed by atoms with Gasteiger partial charge in [-0.05, 0) is 54.7 Å². The van der Waals surface area contributed by atoms with Crippen molar-refractivity contribution in [3.8, 4) is 5.75 Å². The van der Waals surface area contributed by atoms with Crippen LogP contribution in [0.1, 0.15) is 19.4 Å². The second-order valence-corrected chi connectivity index (χ2v) is 7.71. The van der Waals surface area contributed by atoms with Crippen molar-refractivity contribution in [2.24, 2.45) is 5.92 Å². The van der Waals surface area contributed by atoms with E-state index in [1.165, 1.54) is 6.08 Å². The van der Waals surface area contributed by atoms with Crippen molar-refractivity contribution in [2.45, 2.75) is 13.8 Å². The Morgan fingerprint density at radius 3 is 2.45 bits per heavy atom. The Labute approximate surface area is 183 Å². The third kappa shape index (κ3) is 7.32. The smallest absolute Gasteiger partial charge is 0.250 e. The van der Waals surface area contributed by atoms with E-state index in [0.29, 0.717) is 17.1 Å². The highest BCUT2D eigenvalue weighted by atomic mass is 79.9. The molecule has 0 saturated carbocycles. The van der Waals surface area contributed by atoms with Gasteiger partial charge in [-0.3, -0.25) is 14.9 Å². The molecule has 8 heteroatoms. The fraction of sp³-hybridized carbons (Fsp3) is 0.190. The number of thiocarbonyl (C=S) groups is 1. The maximum atomic E-state index is 12.2. The molecule has 29 heavy (non-hydrogen) atoms. The van der Waals surface area contributed by atoms with Crippen molar-refractivity contribution in [1.29, 1.82) is 0 Å². The fourth-order valence-electron chi connectivity index (χ4n) is 2.28. The summed E-state index contributed by atoms with van der Waals surface area (Å²) >= 11 is 8.58. The molecular formula is C21H22BrN3O3S. The van der Waals surface area contributed by atoms with Crippen LogP contribution in [-0.2, 0) is 9.59 Å². The summed E-state index contributed by atoms with van der Waals surface area (Å²) in [6.07, 6.45) is 3.02. The van der Waals surface area contributed by atoms with Crippen LogP contribution in [0.3, 0.4) is 0 Å². The van der Waals surface area contributed by atoms with Gasteiger partial charge in [0.25, 0.3) is 0 Å². The number of rotatable bonds is 6. The molecule has 2 amide bonds. The van der Waals surface area contributed by atoms with Gasteiger partial charge in [0.05, 0.1) is 7.11 Å². The van der Waals surface area contributed by atoms with Crippen LogP contribution in [0.15, 0.2) is 53.0 Å². The predicted octanol–water partition coefficient (Wildman–Crippen LogP) is 4.58. The van der Waals surface area contributed by atoms with Crippen LogP contribution in [0.25, 0.3) is 6.08 Å². The first-order valence-electron chi connectivity index (χ1n) is 8.83. The number of ether oxygens (including phenoxy) is 1. The van der Waals surface area contributed by atoms with E-state index in [9.17, 15) is 9.59 Å². The van der Waals surface area contributed by atoms with E-state index in [4.69, 9.17) is 17.0 Å². The van der Waals surface area contributed by atoms with Gasteiger partial charge in [0.1, 0.15) is 5.75 Å². The van der Waals surface area contributed by atoms with Crippen LogP contribution < -0.4 is 20.7 Å². The summed E-state index contributed by atoms with van der Waals surface area (Å²) in [4.78, 5) is 24.0. The van der Waals surface area contributed by atoms with Crippen LogP contribution in [0, 0.1) is 5.92 Å². The molecule has 0 unspecified atom stereocenters. The van der Waals surface area contributed by atoms with Crippen LogP contribution >= 0.6 is 28.1 Å². The molecule has 152 valence electrons. The van der Waals surface area contributed by atoms with Gasteiger partial charge in [0.2, 0.25) is 11.8 Å². The molecule has 2 aromatic rings. The van der Waals surface area contributed by atoms with Gasteiger partial charge >= 0.3 is 0 Å². The number of carbonyl (C=O) groups is 2. The van der Waals surface area contributed by atoms with E-state index in [0.717, 1.165) is 10.0 Å². The molecule has 2 rings (SSSR count). The largest absolute Gasteiger partial charge is 0.496 e. The Hall–Kier alpha value is -2.71. The first kappa shape index (κ1) is 22.6. The minimum Gasteiger partial charge on any atom is -0.496 e. The normalized spacial score (nSPS) is 10.7. The summed E-state index contributed by atoms with van der Waals surface area (Å²) in [5.41, 5.74) is 2.04. The van der Waals surface area contributed by atoms with Crippen molar-refractivity contribution in [3.63, 3.8) is 0 Å². The van der Waals surface area contributed by atoms with E-state index < -0.39 is 0 Å². The molecule has 0 heterocycles. The van der Waals surface area contributed by atoms with Gasteiger partial charge in [-0.15, -0.1) is 0 Å². The number of halogens is 1. The van der Waals surface area contributed by atoms with Crippen molar-refractivity contribution in [1.82, 2.24) is 5.32 Å². The summed E-state index contributed by atoms with van der Waals surface area (Å²) in [6.45, 7) is 3.64. The molecule has 0 bridgehead atoms. The maximum Gasteiger partial charge on any atom is 0.250 e. The number of carbonyl (C=O) groups excluding carboxylic acids is 2. The van der Waals surface area contributed by atoms with Crippen molar-refractivity contribution >= 4 is 62.5 Å². The van der Waals surface area contributed by atoms with E-state index in [1.54, 1.807) is 43.5 Å². The number of hydrogen-bond acceptors (Lipinski definition) is 4. The molecule has 0 aliphatic carbocycles. The Kier molecular flexibility index (Phi) is 8.35. The lowest BCUT2D eigenvalue weighted by Gasteiger charge is -2.11. The lowest BCUT2D eigenvalue weighted by molar-refractivity contribution is -0.119. The lowest BCUT2D eigenvalue weighted by Crippen LogP contribution is -2.32. The zero-order chi connectivity index (χ0) is 21.4. The highest BCUT2D eigenvalue weighted by Crippen LogP contribution is 2.24. The first-order valence-corrected chi connectivity index (χ1v) is 10.0. The Morgan fingerprint density at radius 1 is 1.10 bits per heavy atom. The van der Waals surface area contributed by atoms with E-state index >= 15 is 0 Å². The third-order valence-corrected chi connectivity index (χ3v) is 4.45. The number of benzene rings is 2. The predicted molar refractivity (Wildman–Crippen MR) is 124 cm³/mol. The first-order chi connectivity index (χ1) is 13.8. The Balaban J connectivity index is 1.96. The molecule has 3 N–H and O–H groups in total. The number of anilines is 2. The van der Waals surface area contributed by atoms with E-state index in [2.05, 4.69) is 31.9 Å². The molecule has 0 aliphatic heterocycles. The fourth-order valence-corrected chi connectivity index (χ4v) is 2.88. The summed E-state index contributed by atoms with van der Waals surface area (Å²) in [7, 11) is 1.57. The van der Waals surface area contributed by atoms with Gasteiger partial charge < -0.3 is 15.4 Å². The van der Waals surface area contributed by atoms with Gasteiger partial charge in [0, 0.05) is 33.4 Å². The average molecular weight is 476 g/mol. The molecule has 6 nitrogen and oxygen atoms in total. The van der Waals surface area contributed by atoms with E-state index in [1.807, 2.05) is 26.0 Å². The number of methoxy groups -OCH3 is 1. The van der Waals surface area contributed by atoms with Gasteiger partial charge in [-0.2, -0.15) is 0 Å². The summed E-state index contributed by atoms with van der Waals surface area (Å²) in [5, 5.41) is 8.47. The highest BCUT2D eigenvalue weighted by molar-refractivity contribution is 9.10. The third-order valence-electron chi connectivity index (χ3n) is 3.76. The van der Waals surface area contributed by atoms with Gasteiger partial charge in [-0.25, -0.2) is 0 Å². The minimum absolute atomic E-state index is 0.0776. The monoisotopic (exact) mass is 475 g/mol. The Bertz CT molecular complexity index is 945. The van der Waals surface area contributed by atoms with Gasteiger partial charge in [-0.1, -0.05) is 35.8 Å². The number of amides is 2. The van der Waals surface area contributed by atoms with Crippen LogP contribution in [-0.4, -0.2) is 24.0 Å². The SMILES string of the molecule is COc1ccc(Br)cc1/C=C/C(=O)NC(=S)Nc1cccc(NC(=O)C(C)C)c1. The van der Waals surface area contributed by atoms with Crippen molar-refractivity contribution in [2.75, 3.05) is 17.7 Å². The van der Waals surface area contributed by atoms with Gasteiger partial charge in [0.15, 0.2) is 5.11 Å². The zero-order valence-electron chi connectivity index (χ0n) is 16.3. The summed E-state index contributed by atoms with van der Waals surface area (Å²) in [5.74, 6) is 0.0702. The zero-order valence-corrected chi connectivity index (χ0v) is 18.7. The maximum absolute atomic E-state index is 12.2.